The van der Waals surface area contributed by atoms with Gasteiger partial charge in [0.25, 0.3) is 0 Å². The highest BCUT2D eigenvalue weighted by atomic mass is 16.3. The number of Topliss-reactive ketones (excluding diaryl/α,β-unsaturated/α-hetero) is 1. The molecule has 0 spiro atoms. The van der Waals surface area contributed by atoms with Gasteiger partial charge in [0.1, 0.15) is 6.10 Å². The van der Waals surface area contributed by atoms with Crippen LogP contribution in [-0.2, 0) is 11.2 Å². The van der Waals surface area contributed by atoms with Gasteiger partial charge in [-0.1, -0.05) is 30.3 Å². The minimum absolute atomic E-state index is 0.179. The Morgan fingerprint density at radius 1 is 1.40 bits per heavy atom. The summed E-state index contributed by atoms with van der Waals surface area (Å²) in [5.41, 5.74) is 2.85. The third-order valence-corrected chi connectivity index (χ3v) is 2.71. The molecule has 1 atom stereocenters. The number of allylic oxidation sites excluding steroid dienone is 1. The molecule has 1 aliphatic rings. The van der Waals surface area contributed by atoms with Gasteiger partial charge >= 0.3 is 0 Å². The number of carbonyl (C=O) groups excluding carboxylic acids is 1. The number of fused-ring (bicyclic) bond motifs is 1. The highest BCUT2D eigenvalue weighted by Gasteiger charge is 2.20. The molecule has 0 radical (unpaired) electrons. The molecule has 1 aliphatic carbocycles. The SMILES string of the molecule is CC(O)C(=O)C1=CCCc2ccccc21. The van der Waals surface area contributed by atoms with E-state index in [9.17, 15) is 9.90 Å². The number of aliphatic hydroxyl groups is 1. The molecule has 0 amide bonds. The summed E-state index contributed by atoms with van der Waals surface area (Å²) in [5, 5.41) is 9.31. The van der Waals surface area contributed by atoms with Gasteiger partial charge in [0.15, 0.2) is 5.78 Å². The Hall–Kier alpha value is -1.41. The number of aliphatic hydroxyl groups excluding tert-OH is 1. The minimum Gasteiger partial charge on any atom is -0.385 e. The molecular weight excluding hydrogens is 188 g/mol. The number of rotatable bonds is 2. The first-order chi connectivity index (χ1) is 7.20. The van der Waals surface area contributed by atoms with Gasteiger partial charge in [0, 0.05) is 5.57 Å². The van der Waals surface area contributed by atoms with Crippen LogP contribution in [0.5, 0.6) is 0 Å². The number of benzene rings is 1. The molecule has 0 aromatic heterocycles. The summed E-state index contributed by atoms with van der Waals surface area (Å²) in [6.45, 7) is 1.51. The van der Waals surface area contributed by atoms with Crippen molar-refractivity contribution in [1.29, 1.82) is 0 Å². The Morgan fingerprint density at radius 3 is 2.87 bits per heavy atom. The Balaban J connectivity index is 2.43. The van der Waals surface area contributed by atoms with Gasteiger partial charge in [0.05, 0.1) is 0 Å². The molecule has 2 rings (SSSR count). The fourth-order valence-electron chi connectivity index (χ4n) is 1.94. The molecule has 15 heavy (non-hydrogen) atoms. The zero-order valence-corrected chi connectivity index (χ0v) is 8.73. The lowest BCUT2D eigenvalue weighted by molar-refractivity contribution is -0.120. The van der Waals surface area contributed by atoms with E-state index in [0.717, 1.165) is 18.4 Å². The van der Waals surface area contributed by atoms with E-state index in [1.165, 1.54) is 12.5 Å². The molecule has 0 aliphatic heterocycles. The third-order valence-electron chi connectivity index (χ3n) is 2.71. The number of ketones is 1. The predicted molar refractivity (Wildman–Crippen MR) is 59.4 cm³/mol. The zero-order valence-electron chi connectivity index (χ0n) is 8.73. The van der Waals surface area contributed by atoms with E-state index in [0.29, 0.717) is 5.57 Å². The Morgan fingerprint density at radius 2 is 2.13 bits per heavy atom. The first kappa shape index (κ1) is 10.1. The fourth-order valence-corrected chi connectivity index (χ4v) is 1.94. The second-order valence-electron chi connectivity index (χ2n) is 3.85. The molecule has 0 fully saturated rings. The summed E-state index contributed by atoms with van der Waals surface area (Å²) < 4.78 is 0. The maximum Gasteiger partial charge on any atom is 0.191 e. The molecule has 78 valence electrons. The van der Waals surface area contributed by atoms with Gasteiger partial charge in [-0.05, 0) is 30.9 Å². The van der Waals surface area contributed by atoms with Crippen LogP contribution in [0.1, 0.15) is 24.5 Å². The summed E-state index contributed by atoms with van der Waals surface area (Å²) in [4.78, 5) is 11.7. The summed E-state index contributed by atoms with van der Waals surface area (Å²) in [6.07, 6.45) is 2.87. The Labute approximate surface area is 89.2 Å². The number of hydrogen-bond donors (Lipinski definition) is 1. The van der Waals surface area contributed by atoms with Crippen LogP contribution in [0.15, 0.2) is 30.3 Å². The average Bonchev–Trinajstić information content (AvgIpc) is 2.27. The number of hydrogen-bond acceptors (Lipinski definition) is 2. The molecule has 2 nitrogen and oxygen atoms in total. The smallest absolute Gasteiger partial charge is 0.191 e. The van der Waals surface area contributed by atoms with Crippen molar-refractivity contribution < 1.29 is 9.90 Å². The molecule has 1 unspecified atom stereocenters. The van der Waals surface area contributed by atoms with Crippen LogP contribution < -0.4 is 0 Å². The van der Waals surface area contributed by atoms with Crippen LogP contribution in [0.3, 0.4) is 0 Å². The van der Waals surface area contributed by atoms with Crippen molar-refractivity contribution in [3.05, 3.63) is 41.5 Å². The van der Waals surface area contributed by atoms with Crippen molar-refractivity contribution in [2.75, 3.05) is 0 Å². The van der Waals surface area contributed by atoms with Gasteiger partial charge in [-0.2, -0.15) is 0 Å². The second kappa shape index (κ2) is 3.99. The second-order valence-corrected chi connectivity index (χ2v) is 3.85. The van der Waals surface area contributed by atoms with Crippen LogP contribution >= 0.6 is 0 Å². The zero-order chi connectivity index (χ0) is 10.8. The summed E-state index contributed by atoms with van der Waals surface area (Å²) in [5.74, 6) is -0.179. The topological polar surface area (TPSA) is 37.3 Å². The van der Waals surface area contributed by atoms with Crippen molar-refractivity contribution in [2.24, 2.45) is 0 Å². The molecule has 1 N–H and O–H groups in total. The summed E-state index contributed by atoms with van der Waals surface area (Å²) in [7, 11) is 0. The molecule has 0 saturated carbocycles. The van der Waals surface area contributed by atoms with Crippen molar-refractivity contribution >= 4 is 11.4 Å². The van der Waals surface area contributed by atoms with Crippen LogP contribution in [0.25, 0.3) is 5.57 Å². The summed E-state index contributed by atoms with van der Waals surface area (Å²) in [6, 6.07) is 7.89. The van der Waals surface area contributed by atoms with Gasteiger partial charge in [-0.25, -0.2) is 0 Å². The highest BCUT2D eigenvalue weighted by molar-refractivity contribution is 6.23. The first-order valence-corrected chi connectivity index (χ1v) is 5.21. The minimum atomic E-state index is -0.914. The molecule has 0 heterocycles. The summed E-state index contributed by atoms with van der Waals surface area (Å²) >= 11 is 0. The third kappa shape index (κ3) is 1.85. The van der Waals surface area contributed by atoms with Crippen molar-refractivity contribution in [3.63, 3.8) is 0 Å². The molecule has 0 saturated heterocycles. The van der Waals surface area contributed by atoms with Gasteiger partial charge < -0.3 is 5.11 Å². The Kier molecular flexibility index (Phi) is 2.69. The van der Waals surface area contributed by atoms with E-state index in [1.807, 2.05) is 30.3 Å². The fraction of sp³-hybridized carbons (Fsp3) is 0.308. The largest absolute Gasteiger partial charge is 0.385 e. The van der Waals surface area contributed by atoms with Crippen LogP contribution in [0, 0.1) is 0 Å². The maximum atomic E-state index is 11.7. The molecule has 1 aromatic rings. The van der Waals surface area contributed by atoms with Crippen molar-refractivity contribution in [1.82, 2.24) is 0 Å². The van der Waals surface area contributed by atoms with E-state index in [1.54, 1.807) is 0 Å². The lowest BCUT2D eigenvalue weighted by Gasteiger charge is -2.17. The first-order valence-electron chi connectivity index (χ1n) is 5.21. The van der Waals surface area contributed by atoms with E-state index < -0.39 is 6.10 Å². The maximum absolute atomic E-state index is 11.7. The van der Waals surface area contributed by atoms with E-state index in [4.69, 9.17) is 0 Å². The lowest BCUT2D eigenvalue weighted by atomic mass is 9.87. The number of carbonyl (C=O) groups is 1. The highest BCUT2D eigenvalue weighted by Crippen LogP contribution is 2.27. The van der Waals surface area contributed by atoms with Crippen LogP contribution in [-0.4, -0.2) is 17.0 Å². The van der Waals surface area contributed by atoms with Gasteiger partial charge in [0.2, 0.25) is 0 Å². The molecular formula is C13H14O2. The van der Waals surface area contributed by atoms with Crippen LogP contribution in [0.4, 0.5) is 0 Å². The standard InChI is InChI=1S/C13H14O2/c1-9(14)13(15)12-8-4-6-10-5-2-3-7-11(10)12/h2-3,5,7-9,14H,4,6H2,1H3. The quantitative estimate of drug-likeness (QED) is 0.796. The van der Waals surface area contributed by atoms with E-state index in [-0.39, 0.29) is 5.78 Å². The lowest BCUT2D eigenvalue weighted by Crippen LogP contribution is -2.19. The van der Waals surface area contributed by atoms with E-state index in [2.05, 4.69) is 0 Å². The van der Waals surface area contributed by atoms with Crippen molar-refractivity contribution in [2.45, 2.75) is 25.9 Å². The monoisotopic (exact) mass is 202 g/mol. The molecule has 1 aromatic carbocycles. The number of aryl methyl sites for hydroxylation is 1. The van der Waals surface area contributed by atoms with Gasteiger partial charge in [-0.3, -0.25) is 4.79 Å². The normalized spacial score (nSPS) is 16.5. The van der Waals surface area contributed by atoms with Gasteiger partial charge in [-0.15, -0.1) is 0 Å². The molecule has 2 heteroatoms. The molecule has 0 bridgehead atoms. The van der Waals surface area contributed by atoms with Crippen LogP contribution in [0.2, 0.25) is 0 Å². The average molecular weight is 202 g/mol. The van der Waals surface area contributed by atoms with E-state index >= 15 is 0 Å². The predicted octanol–water partition coefficient (Wildman–Crippen LogP) is 1.97. The van der Waals surface area contributed by atoms with Crippen molar-refractivity contribution in [3.8, 4) is 0 Å². The Bertz CT molecular complexity index is 416.